The second kappa shape index (κ2) is 6.07. The van der Waals surface area contributed by atoms with E-state index in [4.69, 9.17) is 11.6 Å². The standard InChI is InChI=1S/C18H15ClN2O2S/c19-13(9-10-4-3-5-11(22)8-10)16-20-17(23)15-12-6-1-2-7-14(12)24-18(15)21-16/h3-5,8-9,22H,1-2,6-7H2,(H,20,21,23). The number of H-pyrrole nitrogens is 1. The van der Waals surface area contributed by atoms with Crippen LogP contribution in [0, 0.1) is 0 Å². The quantitative estimate of drug-likeness (QED) is 0.717. The SMILES string of the molecule is O=c1[nH]c(C(Cl)=Cc2cccc(O)c2)nc2sc3c(c12)CCCC3. The molecule has 1 aromatic carbocycles. The van der Waals surface area contributed by atoms with Crippen molar-refractivity contribution < 1.29 is 5.11 Å². The number of nitrogens with zero attached hydrogens (tertiary/aromatic N) is 1. The minimum Gasteiger partial charge on any atom is -0.508 e. The molecule has 122 valence electrons. The molecule has 0 bridgehead atoms. The number of aromatic nitrogens is 2. The lowest BCUT2D eigenvalue weighted by molar-refractivity contribution is 0.475. The molecule has 1 aliphatic carbocycles. The van der Waals surface area contributed by atoms with Crippen LogP contribution in [0.15, 0.2) is 29.1 Å². The highest BCUT2D eigenvalue weighted by Gasteiger charge is 2.20. The molecule has 0 atom stereocenters. The largest absolute Gasteiger partial charge is 0.508 e. The summed E-state index contributed by atoms with van der Waals surface area (Å²) in [7, 11) is 0. The molecule has 0 spiro atoms. The molecule has 1 aliphatic rings. The van der Waals surface area contributed by atoms with Crippen LogP contribution in [0.25, 0.3) is 21.3 Å². The lowest BCUT2D eigenvalue weighted by Gasteiger charge is -2.09. The van der Waals surface area contributed by atoms with Gasteiger partial charge in [-0.05, 0) is 55.0 Å². The predicted molar refractivity (Wildman–Crippen MR) is 98.7 cm³/mol. The summed E-state index contributed by atoms with van der Waals surface area (Å²) in [5, 5.41) is 10.6. The van der Waals surface area contributed by atoms with Crippen LogP contribution < -0.4 is 5.56 Å². The number of halogens is 1. The summed E-state index contributed by atoms with van der Waals surface area (Å²) >= 11 is 7.94. The number of nitrogens with one attached hydrogen (secondary N) is 1. The third kappa shape index (κ3) is 2.74. The van der Waals surface area contributed by atoms with E-state index in [9.17, 15) is 9.90 Å². The number of fused-ring (bicyclic) bond motifs is 3. The number of phenols is 1. The first-order valence-electron chi connectivity index (χ1n) is 7.83. The Kier molecular flexibility index (Phi) is 3.90. The summed E-state index contributed by atoms with van der Waals surface area (Å²) in [6.07, 6.45) is 5.95. The Hall–Kier alpha value is -2.11. The Balaban J connectivity index is 1.81. The van der Waals surface area contributed by atoms with Gasteiger partial charge in [-0.3, -0.25) is 4.79 Å². The fourth-order valence-electron chi connectivity index (χ4n) is 3.11. The topological polar surface area (TPSA) is 66.0 Å². The van der Waals surface area contributed by atoms with Gasteiger partial charge in [0.05, 0.1) is 10.4 Å². The maximum atomic E-state index is 12.5. The first kappa shape index (κ1) is 15.4. The molecule has 0 amide bonds. The van der Waals surface area contributed by atoms with Gasteiger partial charge in [0.25, 0.3) is 5.56 Å². The number of aromatic amines is 1. The van der Waals surface area contributed by atoms with Gasteiger partial charge in [-0.25, -0.2) is 4.98 Å². The molecule has 0 unspecified atom stereocenters. The minimum absolute atomic E-state index is 0.128. The Morgan fingerprint density at radius 3 is 3.00 bits per heavy atom. The molecule has 0 saturated carbocycles. The fraction of sp³-hybridized carbons (Fsp3) is 0.222. The molecule has 2 heterocycles. The Morgan fingerprint density at radius 2 is 2.17 bits per heavy atom. The summed E-state index contributed by atoms with van der Waals surface area (Å²) in [5.41, 5.74) is 1.78. The highest BCUT2D eigenvalue weighted by molar-refractivity contribution is 7.18. The van der Waals surface area contributed by atoms with Gasteiger partial charge in [0.15, 0.2) is 5.82 Å². The number of thiophene rings is 1. The maximum Gasteiger partial charge on any atom is 0.260 e. The van der Waals surface area contributed by atoms with E-state index >= 15 is 0 Å². The number of hydrogen-bond donors (Lipinski definition) is 2. The van der Waals surface area contributed by atoms with Gasteiger partial charge < -0.3 is 10.1 Å². The van der Waals surface area contributed by atoms with Crippen LogP contribution >= 0.6 is 22.9 Å². The van der Waals surface area contributed by atoms with E-state index in [0.717, 1.165) is 40.6 Å². The van der Waals surface area contributed by atoms with Gasteiger partial charge in [-0.15, -0.1) is 11.3 Å². The lowest BCUT2D eigenvalue weighted by atomic mass is 9.97. The first-order valence-corrected chi connectivity index (χ1v) is 9.02. The molecule has 2 N–H and O–H groups in total. The molecule has 0 aliphatic heterocycles. The fourth-order valence-corrected chi connectivity index (χ4v) is 4.58. The van der Waals surface area contributed by atoms with Crippen LogP contribution in [0.5, 0.6) is 5.75 Å². The van der Waals surface area contributed by atoms with Gasteiger partial charge in [-0.1, -0.05) is 23.7 Å². The Bertz CT molecular complexity index is 1020. The maximum absolute atomic E-state index is 12.5. The molecule has 3 aromatic rings. The van der Waals surface area contributed by atoms with Gasteiger partial charge in [-0.2, -0.15) is 0 Å². The molecule has 24 heavy (non-hydrogen) atoms. The van der Waals surface area contributed by atoms with Crippen molar-refractivity contribution in [2.45, 2.75) is 25.7 Å². The Labute approximate surface area is 147 Å². The second-order valence-corrected chi connectivity index (χ2v) is 7.38. The third-order valence-corrected chi connectivity index (χ3v) is 5.69. The lowest BCUT2D eigenvalue weighted by Crippen LogP contribution is -2.12. The van der Waals surface area contributed by atoms with Crippen LogP contribution in [0.1, 0.15) is 34.7 Å². The van der Waals surface area contributed by atoms with Crippen LogP contribution in [0.2, 0.25) is 0 Å². The van der Waals surface area contributed by atoms with Crippen molar-refractivity contribution >= 4 is 44.3 Å². The minimum atomic E-state index is -0.128. The summed E-state index contributed by atoms with van der Waals surface area (Å²) in [6.45, 7) is 0. The molecular weight excluding hydrogens is 344 g/mol. The van der Waals surface area contributed by atoms with Crippen molar-refractivity contribution in [3.63, 3.8) is 0 Å². The van der Waals surface area contributed by atoms with Crippen molar-refractivity contribution in [1.29, 1.82) is 0 Å². The van der Waals surface area contributed by atoms with Crippen LogP contribution in [0.4, 0.5) is 0 Å². The van der Waals surface area contributed by atoms with E-state index < -0.39 is 0 Å². The summed E-state index contributed by atoms with van der Waals surface area (Å²) in [4.78, 5) is 21.9. The number of phenolic OH excluding ortho intramolecular Hbond substituents is 1. The molecule has 0 fully saturated rings. The zero-order valence-corrected chi connectivity index (χ0v) is 14.4. The highest BCUT2D eigenvalue weighted by Crippen LogP contribution is 2.34. The van der Waals surface area contributed by atoms with Crippen molar-refractivity contribution in [2.75, 3.05) is 0 Å². The number of benzene rings is 1. The predicted octanol–water partition coefficient (Wildman–Crippen LogP) is 4.31. The average molecular weight is 359 g/mol. The number of aromatic hydroxyl groups is 1. The number of hydrogen-bond acceptors (Lipinski definition) is 4. The summed E-state index contributed by atoms with van der Waals surface area (Å²) < 4.78 is 0. The Morgan fingerprint density at radius 1 is 1.33 bits per heavy atom. The van der Waals surface area contributed by atoms with Crippen molar-refractivity contribution in [3.05, 3.63) is 56.4 Å². The van der Waals surface area contributed by atoms with E-state index in [2.05, 4.69) is 9.97 Å². The molecule has 2 aromatic heterocycles. The molecular formula is C18H15ClN2O2S. The smallest absolute Gasteiger partial charge is 0.260 e. The molecule has 6 heteroatoms. The number of aryl methyl sites for hydroxylation is 2. The number of rotatable bonds is 2. The van der Waals surface area contributed by atoms with E-state index in [1.165, 1.54) is 11.3 Å². The molecule has 0 radical (unpaired) electrons. The second-order valence-electron chi connectivity index (χ2n) is 5.89. The van der Waals surface area contributed by atoms with Crippen molar-refractivity contribution in [1.82, 2.24) is 9.97 Å². The van der Waals surface area contributed by atoms with Gasteiger partial charge in [0.2, 0.25) is 0 Å². The van der Waals surface area contributed by atoms with Crippen LogP contribution in [-0.4, -0.2) is 15.1 Å². The average Bonchev–Trinajstić information content (AvgIpc) is 2.93. The normalized spacial score (nSPS) is 14.8. The van der Waals surface area contributed by atoms with Crippen LogP contribution in [0.3, 0.4) is 0 Å². The van der Waals surface area contributed by atoms with E-state index in [1.807, 2.05) is 6.07 Å². The summed E-state index contributed by atoms with van der Waals surface area (Å²) in [5.74, 6) is 0.521. The highest BCUT2D eigenvalue weighted by atomic mass is 35.5. The van der Waals surface area contributed by atoms with E-state index in [1.54, 1.807) is 35.6 Å². The third-order valence-electron chi connectivity index (χ3n) is 4.21. The zero-order chi connectivity index (χ0) is 16.7. The van der Waals surface area contributed by atoms with Crippen molar-refractivity contribution in [2.24, 2.45) is 0 Å². The van der Waals surface area contributed by atoms with Crippen LogP contribution in [-0.2, 0) is 12.8 Å². The van der Waals surface area contributed by atoms with Gasteiger partial charge in [0, 0.05) is 4.88 Å². The molecule has 4 rings (SSSR count). The van der Waals surface area contributed by atoms with Gasteiger partial charge in [0.1, 0.15) is 10.6 Å². The van der Waals surface area contributed by atoms with Gasteiger partial charge >= 0.3 is 0 Å². The van der Waals surface area contributed by atoms with Crippen molar-refractivity contribution in [3.8, 4) is 5.75 Å². The monoisotopic (exact) mass is 358 g/mol. The first-order chi connectivity index (χ1) is 11.6. The zero-order valence-electron chi connectivity index (χ0n) is 12.8. The molecule has 0 saturated heterocycles. The van der Waals surface area contributed by atoms with E-state index in [-0.39, 0.29) is 11.3 Å². The van der Waals surface area contributed by atoms with E-state index in [0.29, 0.717) is 10.9 Å². The molecule has 4 nitrogen and oxygen atoms in total. The summed E-state index contributed by atoms with van der Waals surface area (Å²) in [6, 6.07) is 6.75.